The van der Waals surface area contributed by atoms with Crippen LogP contribution in [0.4, 0.5) is 0 Å². The second-order valence-corrected chi connectivity index (χ2v) is 7.67. The predicted octanol–water partition coefficient (Wildman–Crippen LogP) is 3.09. The number of hydrogen-bond donors (Lipinski definition) is 1. The summed E-state index contributed by atoms with van der Waals surface area (Å²) in [6, 6.07) is 6.22. The zero-order chi connectivity index (χ0) is 16.7. The maximum absolute atomic E-state index is 10.5. The van der Waals surface area contributed by atoms with Crippen molar-refractivity contribution in [2.45, 2.75) is 45.0 Å². The SMILES string of the molecule is CN1CCc2c(c3cc(Cl)ccc3n2CCC(O)N2CCCC2)C1. The van der Waals surface area contributed by atoms with Crippen molar-refractivity contribution in [3.05, 3.63) is 34.5 Å². The summed E-state index contributed by atoms with van der Waals surface area (Å²) in [7, 11) is 2.17. The number of likely N-dealkylation sites (N-methyl/N-ethyl adjacent to an activating group) is 1. The summed E-state index contributed by atoms with van der Waals surface area (Å²) >= 11 is 6.25. The van der Waals surface area contributed by atoms with Crippen LogP contribution in [0.2, 0.25) is 5.02 Å². The fraction of sp³-hybridized carbons (Fsp3) is 0.579. The first-order valence-electron chi connectivity index (χ1n) is 9.03. The molecule has 1 atom stereocenters. The minimum Gasteiger partial charge on any atom is -0.378 e. The number of aryl methyl sites for hydroxylation is 1. The summed E-state index contributed by atoms with van der Waals surface area (Å²) in [6.45, 7) is 5.01. The number of halogens is 1. The van der Waals surface area contributed by atoms with Crippen molar-refractivity contribution >= 4 is 22.5 Å². The second kappa shape index (κ2) is 6.68. The van der Waals surface area contributed by atoms with E-state index < -0.39 is 0 Å². The molecule has 4 rings (SSSR count). The molecular weight excluding hydrogens is 322 g/mol. The van der Waals surface area contributed by atoms with Gasteiger partial charge < -0.3 is 14.6 Å². The van der Waals surface area contributed by atoms with E-state index in [0.29, 0.717) is 0 Å². The van der Waals surface area contributed by atoms with Crippen molar-refractivity contribution in [2.24, 2.45) is 0 Å². The standard InChI is InChI=1S/C19H26ClN3O/c1-21-10-6-18-16(13-21)15-12-14(20)4-5-17(15)23(18)11-7-19(24)22-8-2-3-9-22/h4-5,12,19,24H,2-3,6-11,13H2,1H3. The van der Waals surface area contributed by atoms with Gasteiger partial charge in [0.25, 0.3) is 0 Å². The third-order valence-electron chi connectivity index (χ3n) is 5.58. The lowest BCUT2D eigenvalue weighted by Gasteiger charge is -2.26. The molecule has 2 aliphatic heterocycles. The number of rotatable bonds is 4. The first kappa shape index (κ1) is 16.4. The van der Waals surface area contributed by atoms with Gasteiger partial charge in [0.05, 0.1) is 0 Å². The molecule has 1 fully saturated rings. The highest BCUT2D eigenvalue weighted by Gasteiger charge is 2.24. The Labute approximate surface area is 148 Å². The highest BCUT2D eigenvalue weighted by molar-refractivity contribution is 6.31. The van der Waals surface area contributed by atoms with Crippen LogP contribution in [0.15, 0.2) is 18.2 Å². The molecule has 2 aliphatic rings. The average Bonchev–Trinajstić information content (AvgIpc) is 3.19. The molecule has 0 spiro atoms. The van der Waals surface area contributed by atoms with Crippen molar-refractivity contribution in [1.29, 1.82) is 0 Å². The van der Waals surface area contributed by atoms with E-state index in [2.05, 4.69) is 33.5 Å². The Balaban J connectivity index is 1.64. The lowest BCUT2D eigenvalue weighted by atomic mass is 10.1. The van der Waals surface area contributed by atoms with Gasteiger partial charge in [0.2, 0.25) is 0 Å². The molecule has 3 heterocycles. The fourth-order valence-corrected chi connectivity index (χ4v) is 4.45. The summed E-state index contributed by atoms with van der Waals surface area (Å²) < 4.78 is 2.42. The first-order valence-corrected chi connectivity index (χ1v) is 9.41. The number of likely N-dealkylation sites (tertiary alicyclic amines) is 1. The smallest absolute Gasteiger partial charge is 0.109 e. The monoisotopic (exact) mass is 347 g/mol. The van der Waals surface area contributed by atoms with E-state index >= 15 is 0 Å². The molecule has 1 saturated heterocycles. The molecule has 1 N–H and O–H groups in total. The van der Waals surface area contributed by atoms with Crippen molar-refractivity contribution in [3.63, 3.8) is 0 Å². The highest BCUT2D eigenvalue weighted by atomic mass is 35.5. The second-order valence-electron chi connectivity index (χ2n) is 7.24. The van der Waals surface area contributed by atoms with Gasteiger partial charge in [-0.2, -0.15) is 0 Å². The Hall–Kier alpha value is -1.07. The third-order valence-corrected chi connectivity index (χ3v) is 5.82. The molecule has 2 aromatic rings. The Kier molecular flexibility index (Phi) is 4.56. The lowest BCUT2D eigenvalue weighted by Crippen LogP contribution is -2.33. The molecule has 0 radical (unpaired) electrons. The maximum Gasteiger partial charge on any atom is 0.109 e. The highest BCUT2D eigenvalue weighted by Crippen LogP contribution is 2.32. The summed E-state index contributed by atoms with van der Waals surface area (Å²) in [5.74, 6) is 0. The van der Waals surface area contributed by atoms with E-state index in [1.54, 1.807) is 0 Å². The van der Waals surface area contributed by atoms with Crippen molar-refractivity contribution in [3.8, 4) is 0 Å². The number of aliphatic hydroxyl groups is 1. The van der Waals surface area contributed by atoms with Gasteiger partial charge in [0, 0.05) is 67.2 Å². The zero-order valence-electron chi connectivity index (χ0n) is 14.3. The number of aliphatic hydroxyl groups excluding tert-OH is 1. The van der Waals surface area contributed by atoms with E-state index in [4.69, 9.17) is 11.6 Å². The van der Waals surface area contributed by atoms with Crippen LogP contribution < -0.4 is 0 Å². The maximum atomic E-state index is 10.5. The van der Waals surface area contributed by atoms with Crippen molar-refractivity contribution < 1.29 is 5.11 Å². The van der Waals surface area contributed by atoms with Crippen LogP contribution in [0.1, 0.15) is 30.5 Å². The molecule has 1 unspecified atom stereocenters. The van der Waals surface area contributed by atoms with Gasteiger partial charge >= 0.3 is 0 Å². The normalized spacial score (nSPS) is 20.6. The summed E-state index contributed by atoms with van der Waals surface area (Å²) in [5, 5.41) is 12.6. The van der Waals surface area contributed by atoms with E-state index in [9.17, 15) is 5.11 Å². The van der Waals surface area contributed by atoms with Gasteiger partial charge in [0.1, 0.15) is 6.23 Å². The van der Waals surface area contributed by atoms with Crippen LogP contribution in [0, 0.1) is 0 Å². The van der Waals surface area contributed by atoms with E-state index in [1.165, 1.54) is 35.0 Å². The van der Waals surface area contributed by atoms with Crippen LogP contribution in [0.5, 0.6) is 0 Å². The average molecular weight is 348 g/mol. The Morgan fingerprint density at radius 3 is 2.79 bits per heavy atom. The molecule has 0 amide bonds. The summed E-state index contributed by atoms with van der Waals surface area (Å²) in [4.78, 5) is 4.58. The van der Waals surface area contributed by atoms with Crippen LogP contribution in [0.25, 0.3) is 10.9 Å². The molecule has 130 valence electrons. The molecule has 5 heteroatoms. The summed E-state index contributed by atoms with van der Waals surface area (Å²) in [6.07, 6.45) is 3.96. The van der Waals surface area contributed by atoms with Gasteiger partial charge in [-0.3, -0.25) is 4.90 Å². The van der Waals surface area contributed by atoms with Gasteiger partial charge in [-0.25, -0.2) is 0 Å². The minimum absolute atomic E-state index is 0.320. The van der Waals surface area contributed by atoms with E-state index in [1.807, 2.05) is 6.07 Å². The van der Waals surface area contributed by atoms with Crippen LogP contribution in [-0.4, -0.2) is 52.4 Å². The molecule has 24 heavy (non-hydrogen) atoms. The number of aromatic nitrogens is 1. The predicted molar refractivity (Wildman–Crippen MR) is 98.4 cm³/mol. The minimum atomic E-state index is -0.320. The Bertz CT molecular complexity index is 736. The molecule has 0 aliphatic carbocycles. The Morgan fingerprint density at radius 1 is 1.21 bits per heavy atom. The van der Waals surface area contributed by atoms with Gasteiger partial charge in [-0.1, -0.05) is 11.6 Å². The van der Waals surface area contributed by atoms with Crippen molar-refractivity contribution in [1.82, 2.24) is 14.4 Å². The van der Waals surface area contributed by atoms with Gasteiger partial charge in [-0.15, -0.1) is 0 Å². The molecule has 0 bridgehead atoms. The van der Waals surface area contributed by atoms with Gasteiger partial charge in [-0.05, 0) is 43.7 Å². The molecule has 1 aromatic carbocycles. The van der Waals surface area contributed by atoms with Gasteiger partial charge in [0.15, 0.2) is 0 Å². The number of fused-ring (bicyclic) bond motifs is 3. The molecule has 1 aromatic heterocycles. The number of nitrogens with zero attached hydrogens (tertiary/aromatic N) is 3. The Morgan fingerprint density at radius 2 is 2.00 bits per heavy atom. The fourth-order valence-electron chi connectivity index (χ4n) is 4.28. The third kappa shape index (κ3) is 2.97. The van der Waals surface area contributed by atoms with E-state index in [0.717, 1.165) is 50.6 Å². The molecule has 4 nitrogen and oxygen atoms in total. The molecular formula is C19H26ClN3O. The zero-order valence-corrected chi connectivity index (χ0v) is 15.1. The van der Waals surface area contributed by atoms with Crippen LogP contribution in [-0.2, 0) is 19.5 Å². The van der Waals surface area contributed by atoms with Crippen LogP contribution in [0.3, 0.4) is 0 Å². The van der Waals surface area contributed by atoms with E-state index in [-0.39, 0.29) is 6.23 Å². The number of benzene rings is 1. The largest absolute Gasteiger partial charge is 0.378 e. The molecule has 0 saturated carbocycles. The lowest BCUT2D eigenvalue weighted by molar-refractivity contribution is 0.0109. The quantitative estimate of drug-likeness (QED) is 0.922. The number of hydrogen-bond acceptors (Lipinski definition) is 3. The van der Waals surface area contributed by atoms with Crippen LogP contribution >= 0.6 is 11.6 Å². The topological polar surface area (TPSA) is 31.6 Å². The van der Waals surface area contributed by atoms with Crippen molar-refractivity contribution in [2.75, 3.05) is 26.7 Å². The summed E-state index contributed by atoms with van der Waals surface area (Å²) in [5.41, 5.74) is 4.10. The first-order chi connectivity index (χ1) is 11.6.